The van der Waals surface area contributed by atoms with E-state index in [0.717, 1.165) is 38.8 Å². The molecule has 2 fully saturated rings. The third kappa shape index (κ3) is 4.58. The maximum absolute atomic E-state index is 12.3. The summed E-state index contributed by atoms with van der Waals surface area (Å²) in [5.41, 5.74) is 2.34. The number of nitrogens with zero attached hydrogens (tertiary/aromatic N) is 3. The highest BCUT2D eigenvalue weighted by Crippen LogP contribution is 2.26. The smallest absolute Gasteiger partial charge is 0.415 e. The first kappa shape index (κ1) is 19.4. The summed E-state index contributed by atoms with van der Waals surface area (Å²) in [7, 11) is 0. The van der Waals surface area contributed by atoms with Crippen LogP contribution in [0.1, 0.15) is 30.9 Å². The number of likely N-dealkylation sites (tertiary alicyclic amines) is 1. The minimum atomic E-state index is -0.331. The minimum absolute atomic E-state index is 0.0424. The molecule has 3 heterocycles. The summed E-state index contributed by atoms with van der Waals surface area (Å²) in [5, 5.41) is 0. The zero-order chi connectivity index (χ0) is 20.2. The molecule has 6 nitrogen and oxygen atoms in total. The molecule has 2 aliphatic rings. The van der Waals surface area contributed by atoms with E-state index in [1.54, 1.807) is 11.8 Å². The van der Waals surface area contributed by atoms with Crippen molar-refractivity contribution in [2.75, 3.05) is 24.6 Å². The number of pyridine rings is 1. The van der Waals surface area contributed by atoms with Crippen LogP contribution < -0.4 is 4.90 Å². The molecule has 152 valence electrons. The lowest BCUT2D eigenvalue weighted by molar-refractivity contribution is -0.130. The molecule has 1 aromatic carbocycles. The number of anilines is 1. The Morgan fingerprint density at radius 3 is 2.48 bits per heavy atom. The van der Waals surface area contributed by atoms with E-state index in [1.807, 2.05) is 35.4 Å². The number of carbonyl (C=O) groups excluding carboxylic acids is 2. The van der Waals surface area contributed by atoms with Crippen molar-refractivity contribution < 1.29 is 14.3 Å². The minimum Gasteiger partial charge on any atom is -0.447 e. The molecule has 1 atom stereocenters. The molecule has 2 aromatic rings. The van der Waals surface area contributed by atoms with Gasteiger partial charge in [0.15, 0.2) is 0 Å². The Labute approximate surface area is 171 Å². The topological polar surface area (TPSA) is 62.7 Å². The van der Waals surface area contributed by atoms with Gasteiger partial charge < -0.3 is 9.64 Å². The van der Waals surface area contributed by atoms with Gasteiger partial charge in [0, 0.05) is 26.2 Å². The van der Waals surface area contributed by atoms with Gasteiger partial charge in [-0.05, 0) is 48.8 Å². The number of cyclic esters (lactones) is 1. The van der Waals surface area contributed by atoms with Crippen molar-refractivity contribution in [3.63, 3.8) is 0 Å². The Kier molecular flexibility index (Phi) is 5.79. The van der Waals surface area contributed by atoms with Crippen LogP contribution in [0.5, 0.6) is 0 Å². The van der Waals surface area contributed by atoms with E-state index in [2.05, 4.69) is 23.2 Å². The standard InChI is InChI=1S/C23H27N3O3/c1-17(27)25-11-9-19(10-12-25)13-20-7-8-22(24-15-20)26-21(16-29-23(26)28)14-18-5-3-2-4-6-18/h2-8,15,19,21H,9-14,16H2,1H3/t21-/m0/s1. The van der Waals surface area contributed by atoms with E-state index in [9.17, 15) is 9.59 Å². The van der Waals surface area contributed by atoms with E-state index in [4.69, 9.17) is 4.74 Å². The molecule has 0 unspecified atom stereocenters. The number of piperidine rings is 1. The molecule has 1 aromatic heterocycles. The average Bonchev–Trinajstić information content (AvgIpc) is 3.10. The van der Waals surface area contributed by atoms with Gasteiger partial charge >= 0.3 is 6.09 Å². The monoisotopic (exact) mass is 393 g/mol. The van der Waals surface area contributed by atoms with Crippen LogP contribution in [0.2, 0.25) is 0 Å². The van der Waals surface area contributed by atoms with E-state index in [1.165, 1.54) is 11.1 Å². The first-order valence-electron chi connectivity index (χ1n) is 10.3. The summed E-state index contributed by atoms with van der Waals surface area (Å²) in [6, 6.07) is 14.1. The van der Waals surface area contributed by atoms with Gasteiger partial charge in [-0.2, -0.15) is 0 Å². The fourth-order valence-corrected chi connectivity index (χ4v) is 4.24. The van der Waals surface area contributed by atoms with E-state index in [0.29, 0.717) is 18.3 Å². The summed E-state index contributed by atoms with van der Waals surface area (Å²) in [5.74, 6) is 1.38. The maximum atomic E-state index is 12.3. The van der Waals surface area contributed by atoms with Crippen LogP contribution in [-0.4, -0.2) is 47.6 Å². The van der Waals surface area contributed by atoms with Crippen LogP contribution in [-0.2, 0) is 22.4 Å². The SMILES string of the molecule is CC(=O)N1CCC(Cc2ccc(N3C(=O)OC[C@@H]3Cc3ccccc3)nc2)CC1. The maximum Gasteiger partial charge on any atom is 0.415 e. The van der Waals surface area contributed by atoms with Gasteiger partial charge in [-0.15, -0.1) is 0 Å². The molecule has 0 saturated carbocycles. The molecule has 29 heavy (non-hydrogen) atoms. The summed E-state index contributed by atoms with van der Waals surface area (Å²) in [6.45, 7) is 3.70. The molecule has 2 amide bonds. The zero-order valence-corrected chi connectivity index (χ0v) is 16.8. The number of amides is 2. The van der Waals surface area contributed by atoms with Crippen LogP contribution in [0.25, 0.3) is 0 Å². The van der Waals surface area contributed by atoms with Crippen molar-refractivity contribution in [3.05, 3.63) is 59.8 Å². The lowest BCUT2D eigenvalue weighted by atomic mass is 9.90. The highest BCUT2D eigenvalue weighted by atomic mass is 16.6. The van der Waals surface area contributed by atoms with Crippen molar-refractivity contribution in [2.45, 2.75) is 38.6 Å². The predicted octanol–water partition coefficient (Wildman–Crippen LogP) is 3.45. The summed E-state index contributed by atoms with van der Waals surface area (Å²) in [6.07, 6.45) is 5.29. The molecular formula is C23H27N3O3. The van der Waals surface area contributed by atoms with Crippen LogP contribution in [0.3, 0.4) is 0 Å². The van der Waals surface area contributed by atoms with Crippen LogP contribution in [0.4, 0.5) is 10.6 Å². The number of ether oxygens (including phenoxy) is 1. The van der Waals surface area contributed by atoms with E-state index in [-0.39, 0.29) is 18.0 Å². The third-order valence-electron chi connectivity index (χ3n) is 5.92. The Bertz CT molecular complexity index is 845. The van der Waals surface area contributed by atoms with Gasteiger partial charge in [-0.1, -0.05) is 36.4 Å². The number of hydrogen-bond donors (Lipinski definition) is 0. The molecule has 0 spiro atoms. The van der Waals surface area contributed by atoms with Gasteiger partial charge in [0.05, 0.1) is 6.04 Å². The second-order valence-corrected chi connectivity index (χ2v) is 7.97. The lowest BCUT2D eigenvalue weighted by Gasteiger charge is -2.31. The highest BCUT2D eigenvalue weighted by Gasteiger charge is 2.35. The van der Waals surface area contributed by atoms with Crippen molar-refractivity contribution >= 4 is 17.8 Å². The number of hydrogen-bond acceptors (Lipinski definition) is 4. The fourth-order valence-electron chi connectivity index (χ4n) is 4.24. The quantitative estimate of drug-likeness (QED) is 0.781. The Balaban J connectivity index is 1.39. The van der Waals surface area contributed by atoms with Crippen molar-refractivity contribution in [1.29, 1.82) is 0 Å². The average molecular weight is 393 g/mol. The van der Waals surface area contributed by atoms with Gasteiger partial charge in [-0.3, -0.25) is 9.69 Å². The second kappa shape index (κ2) is 8.64. The molecule has 0 N–H and O–H groups in total. The lowest BCUT2D eigenvalue weighted by Crippen LogP contribution is -2.37. The summed E-state index contributed by atoms with van der Waals surface area (Å²) < 4.78 is 5.30. The number of rotatable bonds is 5. The number of benzene rings is 1. The zero-order valence-electron chi connectivity index (χ0n) is 16.8. The summed E-state index contributed by atoms with van der Waals surface area (Å²) in [4.78, 5) is 31.9. The van der Waals surface area contributed by atoms with Crippen LogP contribution in [0.15, 0.2) is 48.7 Å². The Hall–Kier alpha value is -2.89. The van der Waals surface area contributed by atoms with Gasteiger partial charge in [0.2, 0.25) is 5.91 Å². The Morgan fingerprint density at radius 2 is 1.83 bits per heavy atom. The largest absolute Gasteiger partial charge is 0.447 e. The van der Waals surface area contributed by atoms with Crippen LogP contribution in [0, 0.1) is 5.92 Å². The molecule has 4 rings (SSSR count). The third-order valence-corrected chi connectivity index (χ3v) is 5.92. The summed E-state index contributed by atoms with van der Waals surface area (Å²) >= 11 is 0. The molecule has 6 heteroatoms. The van der Waals surface area contributed by atoms with Crippen molar-refractivity contribution in [3.8, 4) is 0 Å². The van der Waals surface area contributed by atoms with Crippen molar-refractivity contribution in [1.82, 2.24) is 9.88 Å². The van der Waals surface area contributed by atoms with Gasteiger partial charge in [-0.25, -0.2) is 9.78 Å². The normalized spacial score (nSPS) is 20.0. The molecule has 0 aliphatic carbocycles. The molecule has 0 bridgehead atoms. The van der Waals surface area contributed by atoms with E-state index >= 15 is 0 Å². The van der Waals surface area contributed by atoms with Gasteiger partial charge in [0.1, 0.15) is 12.4 Å². The first-order valence-corrected chi connectivity index (χ1v) is 10.3. The molecular weight excluding hydrogens is 366 g/mol. The second-order valence-electron chi connectivity index (χ2n) is 7.97. The van der Waals surface area contributed by atoms with Crippen LogP contribution >= 0.6 is 0 Å². The predicted molar refractivity (Wildman–Crippen MR) is 111 cm³/mol. The van der Waals surface area contributed by atoms with Gasteiger partial charge in [0.25, 0.3) is 0 Å². The fraction of sp³-hybridized carbons (Fsp3) is 0.435. The van der Waals surface area contributed by atoms with Crippen molar-refractivity contribution in [2.24, 2.45) is 5.92 Å². The first-order chi connectivity index (χ1) is 14.1. The number of carbonyl (C=O) groups is 2. The Morgan fingerprint density at radius 1 is 1.07 bits per heavy atom. The molecule has 0 radical (unpaired) electrons. The highest BCUT2D eigenvalue weighted by molar-refractivity contribution is 5.89. The number of aromatic nitrogens is 1. The molecule has 2 aliphatic heterocycles. The molecule has 2 saturated heterocycles. The van der Waals surface area contributed by atoms with E-state index < -0.39 is 0 Å².